The first-order chi connectivity index (χ1) is 8.31. The molecule has 1 aliphatic rings. The highest BCUT2D eigenvalue weighted by Gasteiger charge is 2.24. The van der Waals surface area contributed by atoms with Crippen molar-refractivity contribution in [2.75, 3.05) is 18.1 Å². The molecule has 0 saturated carbocycles. The van der Waals surface area contributed by atoms with Gasteiger partial charge in [-0.25, -0.2) is 4.98 Å². The number of nitrogens with one attached hydrogen (secondary N) is 1. The third-order valence-electron chi connectivity index (χ3n) is 3.10. The smallest absolute Gasteiger partial charge is 0.108 e. The second kappa shape index (κ2) is 6.39. The molecule has 17 heavy (non-hydrogen) atoms. The van der Waals surface area contributed by atoms with Gasteiger partial charge in [0.1, 0.15) is 5.82 Å². The minimum Gasteiger partial charge on any atom is -0.375 e. The zero-order chi connectivity index (χ0) is 12.1. The highest BCUT2D eigenvalue weighted by atomic mass is 32.2. The number of thioether (sulfide) groups is 1. The lowest BCUT2D eigenvalue weighted by Crippen LogP contribution is -2.48. The summed E-state index contributed by atoms with van der Waals surface area (Å²) >= 11 is 1.93. The molecule has 2 atom stereocenters. The van der Waals surface area contributed by atoms with Crippen molar-refractivity contribution in [3.8, 4) is 0 Å². The molecule has 0 radical (unpaired) electrons. The Bertz CT molecular complexity index is 338. The first-order valence-electron chi connectivity index (χ1n) is 5.93. The fourth-order valence-electron chi connectivity index (χ4n) is 2.04. The summed E-state index contributed by atoms with van der Waals surface area (Å²) in [6, 6.07) is 0.208. The molecule has 6 heteroatoms. The molecular formula is C11H20N4OS. The molecule has 2 rings (SSSR count). The lowest BCUT2D eigenvalue weighted by molar-refractivity contribution is 0.0447. The number of imidazole rings is 1. The Labute approximate surface area is 106 Å². The van der Waals surface area contributed by atoms with Crippen molar-refractivity contribution in [2.24, 2.45) is 12.9 Å². The molecule has 1 aromatic rings. The monoisotopic (exact) mass is 256 g/mol. The van der Waals surface area contributed by atoms with Crippen LogP contribution in [-0.2, 0) is 18.2 Å². The maximum atomic E-state index is 5.74. The molecule has 1 saturated heterocycles. The largest absolute Gasteiger partial charge is 0.375 e. The standard InChI is InChI=1S/C11H20N4OS/c1-15-5-4-13-11(15)3-2-9(14-12)10-8-17-7-6-16-10/h4-5,9-10,14H,2-3,6-8,12H2,1H3. The van der Waals surface area contributed by atoms with Crippen LogP contribution < -0.4 is 11.3 Å². The van der Waals surface area contributed by atoms with Gasteiger partial charge in [0, 0.05) is 43.4 Å². The van der Waals surface area contributed by atoms with E-state index in [1.54, 1.807) is 0 Å². The Morgan fingerprint density at radius 2 is 2.65 bits per heavy atom. The minimum absolute atomic E-state index is 0.208. The van der Waals surface area contributed by atoms with E-state index in [-0.39, 0.29) is 12.1 Å². The third kappa shape index (κ3) is 3.45. The van der Waals surface area contributed by atoms with Gasteiger partial charge in [-0.3, -0.25) is 11.3 Å². The molecule has 0 aromatic carbocycles. The highest BCUT2D eigenvalue weighted by Crippen LogP contribution is 2.17. The number of hydrazine groups is 1. The van der Waals surface area contributed by atoms with Crippen LogP contribution in [0, 0.1) is 0 Å². The average molecular weight is 256 g/mol. The summed E-state index contributed by atoms with van der Waals surface area (Å²) < 4.78 is 7.79. The molecule has 1 aromatic heterocycles. The minimum atomic E-state index is 0.208. The van der Waals surface area contributed by atoms with Gasteiger partial charge in [-0.2, -0.15) is 11.8 Å². The predicted molar refractivity (Wildman–Crippen MR) is 69.7 cm³/mol. The molecule has 96 valence electrons. The van der Waals surface area contributed by atoms with E-state index in [4.69, 9.17) is 10.6 Å². The average Bonchev–Trinajstić information content (AvgIpc) is 2.77. The second-order valence-electron chi connectivity index (χ2n) is 4.25. The van der Waals surface area contributed by atoms with Gasteiger partial charge >= 0.3 is 0 Å². The van der Waals surface area contributed by atoms with E-state index in [1.165, 1.54) is 0 Å². The van der Waals surface area contributed by atoms with Crippen molar-refractivity contribution in [1.82, 2.24) is 15.0 Å². The van der Waals surface area contributed by atoms with Gasteiger partial charge in [0.2, 0.25) is 0 Å². The van der Waals surface area contributed by atoms with Crippen molar-refractivity contribution in [3.63, 3.8) is 0 Å². The van der Waals surface area contributed by atoms with Crippen LogP contribution in [0.15, 0.2) is 12.4 Å². The molecule has 5 nitrogen and oxygen atoms in total. The Morgan fingerprint density at radius 1 is 1.76 bits per heavy atom. The van der Waals surface area contributed by atoms with Crippen molar-refractivity contribution in [3.05, 3.63) is 18.2 Å². The topological polar surface area (TPSA) is 65.1 Å². The SMILES string of the molecule is Cn1ccnc1CCC(NN)C1CSCCO1. The first-order valence-corrected chi connectivity index (χ1v) is 7.08. The zero-order valence-corrected chi connectivity index (χ0v) is 10.9. The van der Waals surface area contributed by atoms with Crippen molar-refractivity contribution < 1.29 is 4.74 Å². The molecule has 2 unspecified atom stereocenters. The Kier molecular flexibility index (Phi) is 4.85. The first kappa shape index (κ1) is 12.9. The van der Waals surface area contributed by atoms with Gasteiger partial charge in [0.25, 0.3) is 0 Å². The van der Waals surface area contributed by atoms with E-state index >= 15 is 0 Å². The molecule has 0 bridgehead atoms. The van der Waals surface area contributed by atoms with Crippen LogP contribution in [0.25, 0.3) is 0 Å². The van der Waals surface area contributed by atoms with E-state index in [0.29, 0.717) is 0 Å². The summed E-state index contributed by atoms with van der Waals surface area (Å²) in [4.78, 5) is 4.32. The van der Waals surface area contributed by atoms with E-state index < -0.39 is 0 Å². The lowest BCUT2D eigenvalue weighted by Gasteiger charge is -2.29. The second-order valence-corrected chi connectivity index (χ2v) is 5.40. The summed E-state index contributed by atoms with van der Waals surface area (Å²) in [5.41, 5.74) is 2.88. The van der Waals surface area contributed by atoms with E-state index in [9.17, 15) is 0 Å². The predicted octanol–water partition coefficient (Wildman–Crippen LogP) is 0.317. The number of aryl methyl sites for hydroxylation is 2. The summed E-state index contributed by atoms with van der Waals surface area (Å²) in [7, 11) is 2.01. The Morgan fingerprint density at radius 3 is 3.24 bits per heavy atom. The summed E-state index contributed by atoms with van der Waals surface area (Å²) in [6.45, 7) is 0.829. The number of aromatic nitrogens is 2. The molecular weight excluding hydrogens is 236 g/mol. The number of ether oxygens (including phenoxy) is 1. The molecule has 0 aliphatic carbocycles. The van der Waals surface area contributed by atoms with Gasteiger partial charge < -0.3 is 9.30 Å². The Balaban J connectivity index is 1.84. The quantitative estimate of drug-likeness (QED) is 0.586. The molecule has 3 N–H and O–H groups in total. The number of hydrogen-bond acceptors (Lipinski definition) is 5. The number of nitrogens with zero attached hydrogens (tertiary/aromatic N) is 2. The van der Waals surface area contributed by atoms with Crippen molar-refractivity contribution in [1.29, 1.82) is 0 Å². The number of nitrogens with two attached hydrogens (primary N) is 1. The van der Waals surface area contributed by atoms with Crippen LogP contribution in [0.4, 0.5) is 0 Å². The van der Waals surface area contributed by atoms with Crippen LogP contribution in [0.2, 0.25) is 0 Å². The van der Waals surface area contributed by atoms with Gasteiger partial charge in [0.05, 0.1) is 12.7 Å². The van der Waals surface area contributed by atoms with Gasteiger partial charge in [-0.1, -0.05) is 0 Å². The van der Waals surface area contributed by atoms with E-state index in [1.807, 2.05) is 35.8 Å². The fourth-order valence-corrected chi connectivity index (χ4v) is 2.98. The highest BCUT2D eigenvalue weighted by molar-refractivity contribution is 7.99. The summed E-state index contributed by atoms with van der Waals surface area (Å²) in [5.74, 6) is 8.82. The van der Waals surface area contributed by atoms with Crippen LogP contribution in [0.3, 0.4) is 0 Å². The normalized spacial score (nSPS) is 22.6. The maximum Gasteiger partial charge on any atom is 0.108 e. The molecule has 1 aliphatic heterocycles. The number of hydrogen-bond donors (Lipinski definition) is 2. The lowest BCUT2D eigenvalue weighted by atomic mass is 10.1. The Hall–Kier alpha value is -0.560. The molecule has 2 heterocycles. The molecule has 0 amide bonds. The third-order valence-corrected chi connectivity index (χ3v) is 4.12. The summed E-state index contributed by atoms with van der Waals surface area (Å²) in [6.07, 6.45) is 5.88. The van der Waals surface area contributed by atoms with Crippen LogP contribution in [0.5, 0.6) is 0 Å². The fraction of sp³-hybridized carbons (Fsp3) is 0.727. The van der Waals surface area contributed by atoms with Crippen molar-refractivity contribution in [2.45, 2.75) is 25.0 Å². The molecule has 1 fully saturated rings. The van der Waals surface area contributed by atoms with Crippen LogP contribution in [0.1, 0.15) is 12.2 Å². The zero-order valence-electron chi connectivity index (χ0n) is 10.1. The maximum absolute atomic E-state index is 5.74. The van der Waals surface area contributed by atoms with E-state index in [2.05, 4.69) is 10.4 Å². The van der Waals surface area contributed by atoms with Crippen LogP contribution >= 0.6 is 11.8 Å². The molecule has 0 spiro atoms. The van der Waals surface area contributed by atoms with Gasteiger partial charge in [0.15, 0.2) is 0 Å². The summed E-state index contributed by atoms with van der Waals surface area (Å²) in [5, 5.41) is 0. The van der Waals surface area contributed by atoms with Crippen molar-refractivity contribution >= 4 is 11.8 Å². The van der Waals surface area contributed by atoms with Gasteiger partial charge in [-0.15, -0.1) is 0 Å². The van der Waals surface area contributed by atoms with Gasteiger partial charge in [-0.05, 0) is 6.42 Å². The van der Waals surface area contributed by atoms with Crippen LogP contribution in [-0.4, -0.2) is 39.8 Å². The number of rotatable bonds is 5. The van der Waals surface area contributed by atoms with E-state index in [0.717, 1.165) is 36.8 Å².